The molecule has 2 unspecified atom stereocenters. The number of carbonyl (C=O) groups is 1. The number of rotatable bonds is 5. The summed E-state index contributed by atoms with van der Waals surface area (Å²) in [4.78, 5) is 15.3. The molecule has 116 valence electrons. The first-order valence-electron chi connectivity index (χ1n) is 8.06. The van der Waals surface area contributed by atoms with Gasteiger partial charge in [-0.3, -0.25) is 4.79 Å². The second kappa shape index (κ2) is 6.95. The minimum absolute atomic E-state index is 0.153. The van der Waals surface area contributed by atoms with Crippen LogP contribution in [-0.2, 0) is 17.6 Å². The molecule has 0 radical (unpaired) electrons. The SMILES string of the molecule is CCC(CC)C(=O)N1c2ccc(CC(C)Br)cc2CC1C. The number of hydrogen-bond acceptors (Lipinski definition) is 1. The van der Waals surface area contributed by atoms with Gasteiger partial charge in [-0.05, 0) is 49.8 Å². The number of nitrogens with zero attached hydrogens (tertiary/aromatic N) is 1. The highest BCUT2D eigenvalue weighted by atomic mass is 79.9. The lowest BCUT2D eigenvalue weighted by Gasteiger charge is -2.26. The first kappa shape index (κ1) is 16.5. The monoisotopic (exact) mass is 351 g/mol. The molecule has 21 heavy (non-hydrogen) atoms. The van der Waals surface area contributed by atoms with E-state index in [1.807, 2.05) is 4.90 Å². The standard InChI is InChI=1S/C18H26BrNO/c1-5-15(6-2)18(21)20-13(4)10-16-11-14(9-12(3)19)7-8-17(16)20/h7-8,11-13,15H,5-6,9-10H2,1-4H3. The number of amides is 1. The van der Waals surface area contributed by atoms with Crippen LogP contribution in [0.25, 0.3) is 0 Å². The molecule has 0 spiro atoms. The summed E-state index contributed by atoms with van der Waals surface area (Å²) in [5.74, 6) is 0.452. The van der Waals surface area contributed by atoms with Gasteiger partial charge in [0, 0.05) is 22.5 Å². The summed E-state index contributed by atoms with van der Waals surface area (Å²) in [6.07, 6.45) is 3.86. The molecule has 2 atom stereocenters. The van der Waals surface area contributed by atoms with Crippen LogP contribution in [0.2, 0.25) is 0 Å². The van der Waals surface area contributed by atoms with Gasteiger partial charge in [0.05, 0.1) is 0 Å². The molecule has 1 heterocycles. The molecule has 0 saturated carbocycles. The van der Waals surface area contributed by atoms with E-state index in [4.69, 9.17) is 0 Å². The summed E-state index contributed by atoms with van der Waals surface area (Å²) in [6, 6.07) is 6.87. The van der Waals surface area contributed by atoms with E-state index in [2.05, 4.69) is 61.8 Å². The Morgan fingerprint density at radius 3 is 2.62 bits per heavy atom. The van der Waals surface area contributed by atoms with E-state index in [9.17, 15) is 4.79 Å². The van der Waals surface area contributed by atoms with Gasteiger partial charge in [0.2, 0.25) is 5.91 Å². The van der Waals surface area contributed by atoms with Crippen molar-refractivity contribution in [3.63, 3.8) is 0 Å². The molecule has 2 nitrogen and oxygen atoms in total. The fraction of sp³-hybridized carbons (Fsp3) is 0.611. The van der Waals surface area contributed by atoms with Crippen LogP contribution in [0.3, 0.4) is 0 Å². The summed E-state index contributed by atoms with van der Waals surface area (Å²) in [7, 11) is 0. The zero-order valence-corrected chi connectivity index (χ0v) is 15.1. The van der Waals surface area contributed by atoms with Crippen LogP contribution >= 0.6 is 15.9 Å². The first-order chi connectivity index (χ1) is 9.97. The number of benzene rings is 1. The highest BCUT2D eigenvalue weighted by Gasteiger charge is 2.33. The topological polar surface area (TPSA) is 20.3 Å². The smallest absolute Gasteiger partial charge is 0.230 e. The predicted octanol–water partition coefficient (Wildman–Crippen LogP) is 4.73. The van der Waals surface area contributed by atoms with E-state index in [1.165, 1.54) is 11.1 Å². The molecule has 1 aromatic rings. The molecule has 3 heteroatoms. The minimum Gasteiger partial charge on any atom is -0.309 e. The third-order valence-corrected chi connectivity index (χ3v) is 4.77. The van der Waals surface area contributed by atoms with Gasteiger partial charge in [-0.25, -0.2) is 0 Å². The van der Waals surface area contributed by atoms with Crippen molar-refractivity contribution in [1.82, 2.24) is 0 Å². The largest absolute Gasteiger partial charge is 0.309 e. The molecular weight excluding hydrogens is 326 g/mol. The molecule has 1 aromatic carbocycles. The van der Waals surface area contributed by atoms with Gasteiger partial charge in [0.25, 0.3) is 0 Å². The van der Waals surface area contributed by atoms with Crippen molar-refractivity contribution in [3.8, 4) is 0 Å². The second-order valence-electron chi connectivity index (χ2n) is 6.22. The number of anilines is 1. The lowest BCUT2D eigenvalue weighted by atomic mass is 10.0. The van der Waals surface area contributed by atoms with Gasteiger partial charge in [-0.15, -0.1) is 0 Å². The highest BCUT2D eigenvalue weighted by Crippen LogP contribution is 2.35. The molecule has 0 bridgehead atoms. The molecule has 0 fully saturated rings. The minimum atomic E-state index is 0.153. The third-order valence-electron chi connectivity index (χ3n) is 4.45. The van der Waals surface area contributed by atoms with Crippen LogP contribution in [0, 0.1) is 5.92 Å². The fourth-order valence-corrected chi connectivity index (χ4v) is 3.68. The average molecular weight is 352 g/mol. The van der Waals surface area contributed by atoms with E-state index < -0.39 is 0 Å². The zero-order valence-electron chi connectivity index (χ0n) is 13.5. The lowest BCUT2D eigenvalue weighted by molar-refractivity contribution is -0.122. The van der Waals surface area contributed by atoms with E-state index in [1.54, 1.807) is 0 Å². The summed E-state index contributed by atoms with van der Waals surface area (Å²) in [5, 5.41) is 0. The Labute approximate surface area is 137 Å². The van der Waals surface area contributed by atoms with E-state index in [-0.39, 0.29) is 12.0 Å². The van der Waals surface area contributed by atoms with E-state index in [0.717, 1.165) is 31.4 Å². The van der Waals surface area contributed by atoms with Crippen LogP contribution in [0.4, 0.5) is 5.69 Å². The van der Waals surface area contributed by atoms with Crippen LogP contribution in [0.5, 0.6) is 0 Å². The number of carbonyl (C=O) groups excluding carboxylic acids is 1. The summed E-state index contributed by atoms with van der Waals surface area (Å²) in [6.45, 7) is 8.54. The second-order valence-corrected chi connectivity index (χ2v) is 7.79. The molecule has 0 aliphatic carbocycles. The molecule has 0 aromatic heterocycles. The average Bonchev–Trinajstić information content (AvgIpc) is 2.74. The molecule has 1 amide bonds. The van der Waals surface area contributed by atoms with Crippen molar-refractivity contribution in [1.29, 1.82) is 0 Å². The van der Waals surface area contributed by atoms with Gasteiger partial charge in [0.15, 0.2) is 0 Å². The maximum absolute atomic E-state index is 12.8. The van der Waals surface area contributed by atoms with E-state index in [0.29, 0.717) is 10.7 Å². The Morgan fingerprint density at radius 1 is 1.38 bits per heavy atom. The van der Waals surface area contributed by atoms with Gasteiger partial charge < -0.3 is 4.90 Å². The van der Waals surface area contributed by atoms with Crippen molar-refractivity contribution < 1.29 is 4.79 Å². The van der Waals surface area contributed by atoms with Gasteiger partial charge in [0.1, 0.15) is 0 Å². The Hall–Kier alpha value is -0.830. The van der Waals surface area contributed by atoms with Gasteiger partial charge >= 0.3 is 0 Å². The van der Waals surface area contributed by atoms with Crippen LogP contribution in [0.15, 0.2) is 18.2 Å². The van der Waals surface area contributed by atoms with Gasteiger partial charge in [-0.1, -0.05) is 48.8 Å². The fourth-order valence-electron chi connectivity index (χ4n) is 3.31. The number of halogens is 1. The van der Waals surface area contributed by atoms with Crippen molar-refractivity contribution in [3.05, 3.63) is 29.3 Å². The number of hydrogen-bond donors (Lipinski definition) is 0. The van der Waals surface area contributed by atoms with Crippen molar-refractivity contribution in [2.75, 3.05) is 4.90 Å². The predicted molar refractivity (Wildman–Crippen MR) is 93.3 cm³/mol. The van der Waals surface area contributed by atoms with Crippen LogP contribution in [0.1, 0.15) is 51.7 Å². The summed E-state index contributed by atoms with van der Waals surface area (Å²) >= 11 is 3.61. The molecule has 0 N–H and O–H groups in total. The molecule has 2 rings (SSSR count). The Kier molecular flexibility index (Phi) is 5.48. The number of fused-ring (bicyclic) bond motifs is 1. The zero-order chi connectivity index (χ0) is 15.6. The normalized spacial score (nSPS) is 19.0. The first-order valence-corrected chi connectivity index (χ1v) is 8.98. The summed E-state index contributed by atoms with van der Waals surface area (Å²) < 4.78 is 0. The van der Waals surface area contributed by atoms with Crippen molar-refractivity contribution in [2.45, 2.75) is 64.2 Å². The van der Waals surface area contributed by atoms with Crippen LogP contribution in [-0.4, -0.2) is 16.8 Å². The van der Waals surface area contributed by atoms with Gasteiger partial charge in [-0.2, -0.15) is 0 Å². The maximum atomic E-state index is 12.8. The van der Waals surface area contributed by atoms with Crippen molar-refractivity contribution in [2.24, 2.45) is 5.92 Å². The van der Waals surface area contributed by atoms with E-state index >= 15 is 0 Å². The molecule has 1 aliphatic rings. The molecule has 0 saturated heterocycles. The highest BCUT2D eigenvalue weighted by molar-refractivity contribution is 9.09. The molecular formula is C18H26BrNO. The molecule has 1 aliphatic heterocycles. The van der Waals surface area contributed by atoms with Crippen LogP contribution < -0.4 is 4.90 Å². The Bertz CT molecular complexity index is 508. The third kappa shape index (κ3) is 3.50. The maximum Gasteiger partial charge on any atom is 0.230 e. The Balaban J connectivity index is 2.27. The van der Waals surface area contributed by atoms with Crippen molar-refractivity contribution >= 4 is 27.5 Å². The Morgan fingerprint density at radius 2 is 2.05 bits per heavy atom. The summed E-state index contributed by atoms with van der Waals surface area (Å²) in [5.41, 5.74) is 3.81. The lowest BCUT2D eigenvalue weighted by Crippen LogP contribution is -2.39. The quantitative estimate of drug-likeness (QED) is 0.702. The number of alkyl halides is 1.